The zero-order valence-electron chi connectivity index (χ0n) is 13.9. The lowest BCUT2D eigenvalue weighted by Crippen LogP contribution is -2.35. The molecule has 1 rings (SSSR count). The zero-order chi connectivity index (χ0) is 15.7. The van der Waals surface area contributed by atoms with Gasteiger partial charge in [-0.3, -0.25) is 4.90 Å². The standard InChI is InChI=1S/C17H31NO2S/c1-14(2)7-8-18(11-17-6-5-9-21-17)10-16(19)13-20-12-15(3)4/h5-6,9,14-16,19H,7-8,10-13H2,1-4H3. The number of nitrogens with zero attached hydrogens (tertiary/aromatic N) is 1. The van der Waals surface area contributed by atoms with Gasteiger partial charge in [0.2, 0.25) is 0 Å². The van der Waals surface area contributed by atoms with Crippen LogP contribution in [0.2, 0.25) is 0 Å². The highest BCUT2D eigenvalue weighted by Crippen LogP contribution is 2.14. The molecule has 21 heavy (non-hydrogen) atoms. The lowest BCUT2D eigenvalue weighted by atomic mass is 10.1. The Morgan fingerprint density at radius 3 is 2.52 bits per heavy atom. The molecule has 1 aromatic rings. The largest absolute Gasteiger partial charge is 0.389 e. The van der Waals surface area contributed by atoms with Gasteiger partial charge in [0.25, 0.3) is 0 Å². The topological polar surface area (TPSA) is 32.7 Å². The van der Waals surface area contributed by atoms with Crippen LogP contribution in [0.25, 0.3) is 0 Å². The van der Waals surface area contributed by atoms with Crippen molar-refractivity contribution in [1.29, 1.82) is 0 Å². The second kappa shape index (κ2) is 10.3. The summed E-state index contributed by atoms with van der Waals surface area (Å²) in [5.41, 5.74) is 0. The van der Waals surface area contributed by atoms with Gasteiger partial charge in [-0.2, -0.15) is 0 Å². The second-order valence-corrected chi connectivity index (χ2v) is 7.61. The Morgan fingerprint density at radius 2 is 1.95 bits per heavy atom. The number of aliphatic hydroxyl groups excluding tert-OH is 1. The van der Waals surface area contributed by atoms with Crippen molar-refractivity contribution in [2.45, 2.75) is 46.8 Å². The lowest BCUT2D eigenvalue weighted by molar-refractivity contribution is 0.00643. The van der Waals surface area contributed by atoms with Gasteiger partial charge >= 0.3 is 0 Å². The average Bonchev–Trinajstić information content (AvgIpc) is 2.88. The molecule has 4 heteroatoms. The molecule has 0 aliphatic rings. The monoisotopic (exact) mass is 313 g/mol. The molecule has 0 bridgehead atoms. The molecule has 1 unspecified atom stereocenters. The maximum Gasteiger partial charge on any atom is 0.0900 e. The Balaban J connectivity index is 2.39. The van der Waals surface area contributed by atoms with Crippen LogP contribution in [0.15, 0.2) is 17.5 Å². The third kappa shape index (κ3) is 9.25. The van der Waals surface area contributed by atoms with E-state index in [1.165, 1.54) is 4.88 Å². The van der Waals surface area contributed by atoms with Gasteiger partial charge in [-0.25, -0.2) is 0 Å². The van der Waals surface area contributed by atoms with Gasteiger partial charge in [-0.15, -0.1) is 11.3 Å². The molecular formula is C17H31NO2S. The van der Waals surface area contributed by atoms with Crippen molar-refractivity contribution < 1.29 is 9.84 Å². The Kier molecular flexibility index (Phi) is 9.16. The third-order valence-electron chi connectivity index (χ3n) is 3.21. The van der Waals surface area contributed by atoms with Gasteiger partial charge in [0, 0.05) is 24.6 Å². The quantitative estimate of drug-likeness (QED) is 0.677. The highest BCUT2D eigenvalue weighted by Gasteiger charge is 2.14. The van der Waals surface area contributed by atoms with Crippen LogP contribution in [0.3, 0.4) is 0 Å². The van der Waals surface area contributed by atoms with Crippen LogP contribution >= 0.6 is 11.3 Å². The molecule has 0 saturated carbocycles. The van der Waals surface area contributed by atoms with Crippen molar-refractivity contribution in [3.05, 3.63) is 22.4 Å². The number of hydrogen-bond donors (Lipinski definition) is 1. The van der Waals surface area contributed by atoms with Crippen LogP contribution in [0.5, 0.6) is 0 Å². The molecule has 1 heterocycles. The summed E-state index contributed by atoms with van der Waals surface area (Å²) in [6.07, 6.45) is 0.751. The first-order valence-corrected chi connectivity index (χ1v) is 8.86. The summed E-state index contributed by atoms with van der Waals surface area (Å²) in [6.45, 7) is 12.5. The summed E-state index contributed by atoms with van der Waals surface area (Å²) in [5.74, 6) is 1.20. The predicted molar refractivity (Wildman–Crippen MR) is 90.7 cm³/mol. The fraction of sp³-hybridized carbons (Fsp3) is 0.765. The number of aliphatic hydroxyl groups is 1. The van der Waals surface area contributed by atoms with Crippen molar-refractivity contribution in [2.75, 3.05) is 26.3 Å². The van der Waals surface area contributed by atoms with E-state index in [4.69, 9.17) is 4.74 Å². The van der Waals surface area contributed by atoms with Crippen LogP contribution in [0.4, 0.5) is 0 Å². The van der Waals surface area contributed by atoms with Crippen molar-refractivity contribution in [1.82, 2.24) is 4.90 Å². The van der Waals surface area contributed by atoms with E-state index >= 15 is 0 Å². The molecule has 0 radical (unpaired) electrons. The SMILES string of the molecule is CC(C)CCN(Cc1cccs1)CC(O)COCC(C)C. The summed E-state index contributed by atoms with van der Waals surface area (Å²) in [4.78, 5) is 3.70. The van der Waals surface area contributed by atoms with Gasteiger partial charge in [0.1, 0.15) is 0 Å². The predicted octanol–water partition coefficient (Wildman–Crippen LogP) is 3.63. The van der Waals surface area contributed by atoms with E-state index in [-0.39, 0.29) is 0 Å². The van der Waals surface area contributed by atoms with Crippen LogP contribution < -0.4 is 0 Å². The fourth-order valence-electron chi connectivity index (χ4n) is 2.09. The summed E-state index contributed by atoms with van der Waals surface area (Å²) in [5, 5.41) is 12.3. The first-order valence-electron chi connectivity index (χ1n) is 7.98. The smallest absolute Gasteiger partial charge is 0.0900 e. The fourth-order valence-corrected chi connectivity index (χ4v) is 2.84. The first kappa shape index (κ1) is 18.6. The Labute approximate surface area is 133 Å². The Hall–Kier alpha value is -0.420. The van der Waals surface area contributed by atoms with E-state index in [2.05, 4.69) is 50.1 Å². The molecule has 0 saturated heterocycles. The number of rotatable bonds is 11. The summed E-state index contributed by atoms with van der Waals surface area (Å²) < 4.78 is 5.54. The normalized spacial score (nSPS) is 13.5. The second-order valence-electron chi connectivity index (χ2n) is 6.58. The van der Waals surface area contributed by atoms with E-state index in [9.17, 15) is 5.11 Å². The van der Waals surface area contributed by atoms with Crippen molar-refractivity contribution in [3.63, 3.8) is 0 Å². The zero-order valence-corrected chi connectivity index (χ0v) is 14.7. The summed E-state index contributed by atoms with van der Waals surface area (Å²) in [7, 11) is 0. The number of thiophene rings is 1. The van der Waals surface area contributed by atoms with Crippen molar-refractivity contribution >= 4 is 11.3 Å². The minimum atomic E-state index is -0.407. The molecule has 1 N–H and O–H groups in total. The van der Waals surface area contributed by atoms with Crippen LogP contribution in [0.1, 0.15) is 39.0 Å². The number of hydrogen-bond acceptors (Lipinski definition) is 4. The Morgan fingerprint density at radius 1 is 1.19 bits per heavy atom. The maximum atomic E-state index is 10.2. The van der Waals surface area contributed by atoms with Gasteiger partial charge in [-0.1, -0.05) is 33.8 Å². The van der Waals surface area contributed by atoms with E-state index in [1.807, 2.05) is 0 Å². The highest BCUT2D eigenvalue weighted by atomic mass is 32.1. The molecule has 0 fully saturated rings. The minimum Gasteiger partial charge on any atom is -0.389 e. The van der Waals surface area contributed by atoms with Crippen molar-refractivity contribution in [3.8, 4) is 0 Å². The summed E-state index contributed by atoms with van der Waals surface area (Å²) >= 11 is 1.78. The molecule has 1 atom stereocenters. The molecule has 3 nitrogen and oxygen atoms in total. The van der Waals surface area contributed by atoms with Gasteiger partial charge in [0.15, 0.2) is 0 Å². The minimum absolute atomic E-state index is 0.407. The molecular weight excluding hydrogens is 282 g/mol. The van der Waals surface area contributed by atoms with Gasteiger partial charge in [0.05, 0.1) is 12.7 Å². The molecule has 0 spiro atoms. The number of ether oxygens (including phenoxy) is 1. The van der Waals surface area contributed by atoms with Crippen LogP contribution in [-0.4, -0.2) is 42.4 Å². The maximum absolute atomic E-state index is 10.2. The van der Waals surface area contributed by atoms with Crippen LogP contribution in [0, 0.1) is 11.8 Å². The average molecular weight is 314 g/mol. The highest BCUT2D eigenvalue weighted by molar-refractivity contribution is 7.09. The van der Waals surface area contributed by atoms with Crippen molar-refractivity contribution in [2.24, 2.45) is 11.8 Å². The van der Waals surface area contributed by atoms with E-state index in [1.54, 1.807) is 11.3 Å². The van der Waals surface area contributed by atoms with E-state index < -0.39 is 6.10 Å². The molecule has 0 aliphatic heterocycles. The molecule has 0 aliphatic carbocycles. The summed E-state index contributed by atoms with van der Waals surface area (Å²) in [6, 6.07) is 4.25. The molecule has 0 aromatic carbocycles. The van der Waals surface area contributed by atoms with Gasteiger partial charge < -0.3 is 9.84 Å². The van der Waals surface area contributed by atoms with E-state index in [0.29, 0.717) is 31.6 Å². The van der Waals surface area contributed by atoms with Gasteiger partial charge in [-0.05, 0) is 36.2 Å². The molecule has 0 amide bonds. The third-order valence-corrected chi connectivity index (χ3v) is 4.07. The molecule has 122 valence electrons. The molecule has 1 aromatic heterocycles. The Bertz CT molecular complexity index is 352. The lowest BCUT2D eigenvalue weighted by Gasteiger charge is -2.25. The van der Waals surface area contributed by atoms with E-state index in [0.717, 1.165) is 19.5 Å². The van der Waals surface area contributed by atoms with Crippen LogP contribution in [-0.2, 0) is 11.3 Å². The first-order chi connectivity index (χ1) is 9.97.